The molecule has 0 bridgehead atoms. The minimum absolute atomic E-state index is 0.0193. The van der Waals surface area contributed by atoms with Crippen molar-refractivity contribution in [3.63, 3.8) is 0 Å². The summed E-state index contributed by atoms with van der Waals surface area (Å²) in [5.41, 5.74) is 7.32. The van der Waals surface area contributed by atoms with Gasteiger partial charge in [0.1, 0.15) is 0 Å². The molecule has 0 spiro atoms. The number of anilines is 1. The zero-order valence-electron chi connectivity index (χ0n) is 7.15. The van der Waals surface area contributed by atoms with Gasteiger partial charge in [-0.25, -0.2) is 10.6 Å². The molecular weight excluding hydrogens is 186 g/mol. The number of carboxylic acid groups (broad SMARTS) is 1. The normalized spacial score (nSPS) is 9.50. The van der Waals surface area contributed by atoms with Crippen LogP contribution in [0.3, 0.4) is 0 Å². The Labute approximate surface area is 79.5 Å². The summed E-state index contributed by atoms with van der Waals surface area (Å²) >= 11 is 0. The summed E-state index contributed by atoms with van der Waals surface area (Å²) in [7, 11) is 0. The van der Waals surface area contributed by atoms with Gasteiger partial charge in [-0.3, -0.25) is 10.2 Å². The molecule has 0 aromatic heterocycles. The third-order valence-corrected chi connectivity index (χ3v) is 1.65. The molecule has 0 saturated carbocycles. The van der Waals surface area contributed by atoms with Gasteiger partial charge >= 0.3 is 5.97 Å². The molecule has 0 aliphatic carbocycles. The predicted molar refractivity (Wildman–Crippen MR) is 49.5 cm³/mol. The molecule has 6 N–H and O–H groups in total. The highest BCUT2D eigenvalue weighted by Crippen LogP contribution is 2.13. The number of nitrogen functional groups attached to an aromatic ring is 2. The van der Waals surface area contributed by atoms with Gasteiger partial charge in [-0.05, 0) is 18.2 Å². The Hall–Kier alpha value is -2.08. The molecule has 14 heavy (non-hydrogen) atoms. The van der Waals surface area contributed by atoms with Gasteiger partial charge in [0.05, 0.1) is 11.1 Å². The molecule has 6 nitrogen and oxygen atoms in total. The van der Waals surface area contributed by atoms with Crippen LogP contribution in [0.4, 0.5) is 5.69 Å². The average Bonchev–Trinajstić information content (AvgIpc) is 2.16. The molecule has 0 fully saturated rings. The van der Waals surface area contributed by atoms with Crippen LogP contribution >= 0.6 is 0 Å². The van der Waals surface area contributed by atoms with Gasteiger partial charge < -0.3 is 10.8 Å². The lowest BCUT2D eigenvalue weighted by Crippen LogP contribution is -2.31. The van der Waals surface area contributed by atoms with Crippen LogP contribution in [0, 0.1) is 0 Å². The summed E-state index contributed by atoms with van der Waals surface area (Å²) in [4.78, 5) is 21.8. The van der Waals surface area contributed by atoms with Crippen molar-refractivity contribution in [1.82, 2.24) is 5.43 Å². The molecule has 1 aromatic rings. The molecule has 0 aliphatic heterocycles. The number of nitrogens with two attached hydrogens (primary N) is 2. The third-order valence-electron chi connectivity index (χ3n) is 1.65. The van der Waals surface area contributed by atoms with Crippen LogP contribution in [-0.4, -0.2) is 17.0 Å². The predicted octanol–water partition coefficient (Wildman–Crippen LogP) is -0.430. The standard InChI is InChI=1S/C8H9N3O3/c9-4-1-2-5(7(12)11-10)6(3-4)8(13)14/h1-3H,9-10H2,(H,11,12)(H,13,14). The Kier molecular flexibility index (Phi) is 2.68. The lowest BCUT2D eigenvalue weighted by Gasteiger charge is -2.04. The summed E-state index contributed by atoms with van der Waals surface area (Å²) in [6.45, 7) is 0. The van der Waals surface area contributed by atoms with Crippen LogP contribution in [0.25, 0.3) is 0 Å². The SMILES string of the molecule is NNC(=O)c1ccc(N)cc1C(=O)O. The molecule has 1 aromatic carbocycles. The van der Waals surface area contributed by atoms with E-state index in [4.69, 9.17) is 16.7 Å². The van der Waals surface area contributed by atoms with Gasteiger partial charge in [-0.15, -0.1) is 0 Å². The molecule has 0 unspecified atom stereocenters. The van der Waals surface area contributed by atoms with E-state index in [0.717, 1.165) is 0 Å². The van der Waals surface area contributed by atoms with Crippen LogP contribution in [0.2, 0.25) is 0 Å². The van der Waals surface area contributed by atoms with Gasteiger partial charge in [-0.2, -0.15) is 0 Å². The topological polar surface area (TPSA) is 118 Å². The van der Waals surface area contributed by atoms with Crippen LogP contribution in [0.15, 0.2) is 18.2 Å². The number of nitrogens with one attached hydrogen (secondary N) is 1. The maximum absolute atomic E-state index is 11.1. The maximum atomic E-state index is 11.1. The van der Waals surface area contributed by atoms with Crippen molar-refractivity contribution in [2.75, 3.05) is 5.73 Å². The van der Waals surface area contributed by atoms with Crippen molar-refractivity contribution in [3.05, 3.63) is 29.3 Å². The van der Waals surface area contributed by atoms with E-state index >= 15 is 0 Å². The summed E-state index contributed by atoms with van der Waals surface area (Å²) in [6, 6.07) is 3.94. The minimum Gasteiger partial charge on any atom is -0.478 e. The fraction of sp³-hybridized carbons (Fsp3) is 0. The summed E-state index contributed by atoms with van der Waals surface area (Å²) in [6.07, 6.45) is 0. The van der Waals surface area contributed by atoms with Crippen molar-refractivity contribution in [1.29, 1.82) is 0 Å². The molecule has 0 aliphatic rings. The Bertz CT molecular complexity index is 389. The monoisotopic (exact) mass is 195 g/mol. The van der Waals surface area contributed by atoms with Crippen LogP contribution in [0.5, 0.6) is 0 Å². The smallest absolute Gasteiger partial charge is 0.336 e. The van der Waals surface area contributed by atoms with E-state index in [0.29, 0.717) is 0 Å². The number of rotatable bonds is 2. The first-order chi connectivity index (χ1) is 6.56. The molecule has 0 radical (unpaired) electrons. The highest BCUT2D eigenvalue weighted by Gasteiger charge is 2.15. The third kappa shape index (κ3) is 1.80. The van der Waals surface area contributed by atoms with E-state index in [9.17, 15) is 9.59 Å². The first kappa shape index (κ1) is 10.0. The minimum atomic E-state index is -1.23. The Morgan fingerprint density at radius 1 is 1.29 bits per heavy atom. The van der Waals surface area contributed by atoms with Crippen LogP contribution < -0.4 is 17.0 Å². The average molecular weight is 195 g/mol. The molecular formula is C8H9N3O3. The highest BCUT2D eigenvalue weighted by molar-refractivity contribution is 6.05. The lowest BCUT2D eigenvalue weighted by molar-refractivity contribution is 0.0691. The quantitative estimate of drug-likeness (QED) is 0.221. The van der Waals surface area contributed by atoms with Crippen molar-refractivity contribution < 1.29 is 14.7 Å². The van der Waals surface area contributed by atoms with E-state index in [2.05, 4.69) is 0 Å². The molecule has 0 atom stereocenters. The van der Waals surface area contributed by atoms with Crippen LogP contribution in [0.1, 0.15) is 20.7 Å². The summed E-state index contributed by atoms with van der Waals surface area (Å²) in [5.74, 6) is 3.00. The Morgan fingerprint density at radius 3 is 2.43 bits per heavy atom. The number of carbonyl (C=O) groups is 2. The number of hydrogen-bond donors (Lipinski definition) is 4. The molecule has 6 heteroatoms. The molecule has 0 saturated heterocycles. The Morgan fingerprint density at radius 2 is 1.93 bits per heavy atom. The summed E-state index contributed by atoms with van der Waals surface area (Å²) < 4.78 is 0. The first-order valence-electron chi connectivity index (χ1n) is 3.70. The number of aromatic carboxylic acids is 1. The van der Waals surface area contributed by atoms with Crippen molar-refractivity contribution in [2.45, 2.75) is 0 Å². The lowest BCUT2D eigenvalue weighted by atomic mass is 10.1. The number of carboxylic acids is 1. The van der Waals surface area contributed by atoms with E-state index < -0.39 is 11.9 Å². The van der Waals surface area contributed by atoms with Gasteiger partial charge in [0.15, 0.2) is 0 Å². The number of benzene rings is 1. The number of carbonyl (C=O) groups excluding carboxylic acids is 1. The van der Waals surface area contributed by atoms with E-state index in [-0.39, 0.29) is 16.8 Å². The molecule has 74 valence electrons. The molecule has 1 rings (SSSR count). The maximum Gasteiger partial charge on any atom is 0.336 e. The zero-order valence-corrected chi connectivity index (χ0v) is 7.15. The van der Waals surface area contributed by atoms with Gasteiger partial charge in [-0.1, -0.05) is 0 Å². The second-order valence-corrected chi connectivity index (χ2v) is 2.58. The van der Waals surface area contributed by atoms with E-state index in [1.165, 1.54) is 18.2 Å². The fourth-order valence-electron chi connectivity index (χ4n) is 1.01. The second-order valence-electron chi connectivity index (χ2n) is 2.58. The largest absolute Gasteiger partial charge is 0.478 e. The van der Waals surface area contributed by atoms with Gasteiger partial charge in [0, 0.05) is 5.69 Å². The molecule has 0 heterocycles. The fourth-order valence-corrected chi connectivity index (χ4v) is 1.01. The first-order valence-corrected chi connectivity index (χ1v) is 3.70. The van der Waals surface area contributed by atoms with E-state index in [1.807, 2.05) is 5.43 Å². The van der Waals surface area contributed by atoms with Gasteiger partial charge in [0.25, 0.3) is 5.91 Å². The number of amides is 1. The van der Waals surface area contributed by atoms with Crippen LogP contribution in [-0.2, 0) is 0 Å². The zero-order chi connectivity index (χ0) is 10.7. The van der Waals surface area contributed by atoms with E-state index in [1.54, 1.807) is 0 Å². The summed E-state index contributed by atoms with van der Waals surface area (Å²) in [5, 5.41) is 8.76. The molecule has 1 amide bonds. The van der Waals surface area contributed by atoms with Crippen molar-refractivity contribution in [3.8, 4) is 0 Å². The number of hydrogen-bond acceptors (Lipinski definition) is 4. The number of hydrazine groups is 1. The van der Waals surface area contributed by atoms with Gasteiger partial charge in [0.2, 0.25) is 0 Å². The second kappa shape index (κ2) is 3.75. The Balaban J connectivity index is 3.28. The highest BCUT2D eigenvalue weighted by atomic mass is 16.4. The van der Waals surface area contributed by atoms with Crippen molar-refractivity contribution in [2.24, 2.45) is 5.84 Å². The van der Waals surface area contributed by atoms with Crippen molar-refractivity contribution >= 4 is 17.6 Å².